The van der Waals surface area contributed by atoms with Crippen molar-refractivity contribution in [3.05, 3.63) is 48.7 Å². The van der Waals surface area contributed by atoms with Gasteiger partial charge in [-0.1, -0.05) is 36.4 Å². The molecule has 5 rings (SSSR count). The first kappa shape index (κ1) is 16.0. The molecule has 27 heavy (non-hydrogen) atoms. The van der Waals surface area contributed by atoms with E-state index >= 15 is 0 Å². The highest BCUT2D eigenvalue weighted by molar-refractivity contribution is 5.86. The summed E-state index contributed by atoms with van der Waals surface area (Å²) in [5, 5.41) is 13.5. The number of anilines is 1. The van der Waals surface area contributed by atoms with Gasteiger partial charge in [-0.15, -0.1) is 5.10 Å². The van der Waals surface area contributed by atoms with Crippen molar-refractivity contribution in [1.29, 1.82) is 0 Å². The van der Waals surface area contributed by atoms with Crippen LogP contribution in [0, 0.1) is 0 Å². The summed E-state index contributed by atoms with van der Waals surface area (Å²) in [6.07, 6.45) is 2.89. The molecule has 0 bridgehead atoms. The monoisotopic (exact) mass is 361 g/mol. The van der Waals surface area contributed by atoms with Crippen LogP contribution in [0.5, 0.6) is 0 Å². The second-order valence-electron chi connectivity index (χ2n) is 7.12. The van der Waals surface area contributed by atoms with Crippen molar-refractivity contribution in [3.63, 3.8) is 0 Å². The summed E-state index contributed by atoms with van der Waals surface area (Å²) in [6.45, 7) is 2.05. The second-order valence-corrected chi connectivity index (χ2v) is 7.12. The molecule has 1 N–H and O–H groups in total. The van der Waals surface area contributed by atoms with Crippen LogP contribution >= 0.6 is 0 Å². The zero-order valence-electron chi connectivity index (χ0n) is 14.8. The number of hydrogen-bond donors (Lipinski definition) is 1. The lowest BCUT2D eigenvalue weighted by atomic mass is 9.92. The first-order valence-electron chi connectivity index (χ1n) is 9.12. The smallest absolute Gasteiger partial charge is 0.407 e. The van der Waals surface area contributed by atoms with Crippen LogP contribution in [0.15, 0.2) is 48.7 Å². The topological polar surface area (TPSA) is 80.2 Å². The van der Waals surface area contributed by atoms with E-state index in [-0.39, 0.29) is 11.7 Å². The van der Waals surface area contributed by atoms with E-state index in [2.05, 4.69) is 50.7 Å². The van der Waals surface area contributed by atoms with Gasteiger partial charge in [-0.05, 0) is 16.8 Å². The molecular weight excluding hydrogens is 342 g/mol. The average molecular weight is 361 g/mol. The van der Waals surface area contributed by atoms with E-state index in [0.29, 0.717) is 12.5 Å². The van der Waals surface area contributed by atoms with Gasteiger partial charge >= 0.3 is 6.09 Å². The summed E-state index contributed by atoms with van der Waals surface area (Å²) < 4.78 is 5.47. The van der Waals surface area contributed by atoms with Gasteiger partial charge in [0, 0.05) is 31.5 Å². The van der Waals surface area contributed by atoms with Crippen LogP contribution in [0.3, 0.4) is 0 Å². The van der Waals surface area contributed by atoms with Crippen molar-refractivity contribution < 1.29 is 9.53 Å². The number of carbonyl (C=O) groups is 1. The fourth-order valence-electron chi connectivity index (χ4n) is 3.81. The van der Waals surface area contributed by atoms with E-state index in [4.69, 9.17) is 9.72 Å². The number of carbonyl (C=O) groups excluding carboxylic acids is 1. The highest BCUT2D eigenvalue weighted by Gasteiger charge is 2.43. The molecule has 0 unspecified atom stereocenters. The highest BCUT2D eigenvalue weighted by Crippen LogP contribution is 2.31. The minimum atomic E-state index is -0.378. The largest absolute Gasteiger partial charge is 0.441 e. The van der Waals surface area contributed by atoms with Gasteiger partial charge in [0.1, 0.15) is 5.60 Å². The van der Waals surface area contributed by atoms with Crippen molar-refractivity contribution >= 4 is 22.8 Å². The Morgan fingerprint density at radius 3 is 2.67 bits per heavy atom. The van der Waals surface area contributed by atoms with Crippen LogP contribution in [0.2, 0.25) is 0 Å². The molecule has 136 valence electrons. The predicted molar refractivity (Wildman–Crippen MR) is 101 cm³/mol. The number of amides is 1. The molecule has 2 fully saturated rings. The van der Waals surface area contributed by atoms with Gasteiger partial charge in [-0.25, -0.2) is 9.78 Å². The Labute approximate surface area is 156 Å². The number of piperidine rings is 1. The number of fused-ring (bicyclic) bond motifs is 1. The van der Waals surface area contributed by atoms with Gasteiger partial charge in [0.15, 0.2) is 0 Å². The van der Waals surface area contributed by atoms with E-state index in [1.165, 1.54) is 10.8 Å². The third-order valence-corrected chi connectivity index (χ3v) is 5.41. The minimum absolute atomic E-state index is 0.320. The summed E-state index contributed by atoms with van der Waals surface area (Å²) in [6, 6.07) is 14.5. The first-order chi connectivity index (χ1) is 13.2. The van der Waals surface area contributed by atoms with Gasteiger partial charge in [-0.2, -0.15) is 5.10 Å². The van der Waals surface area contributed by atoms with Gasteiger partial charge < -0.3 is 15.0 Å². The van der Waals surface area contributed by atoms with E-state index in [9.17, 15) is 4.79 Å². The lowest BCUT2D eigenvalue weighted by Crippen LogP contribution is -2.47. The highest BCUT2D eigenvalue weighted by atomic mass is 16.6. The van der Waals surface area contributed by atoms with E-state index < -0.39 is 0 Å². The summed E-state index contributed by atoms with van der Waals surface area (Å²) in [5.41, 5.74) is 1.45. The van der Waals surface area contributed by atoms with Crippen LogP contribution in [0.25, 0.3) is 22.0 Å². The molecule has 3 aromatic rings. The molecule has 2 aliphatic heterocycles. The Morgan fingerprint density at radius 2 is 1.89 bits per heavy atom. The fraction of sp³-hybridized carbons (Fsp3) is 0.300. The second kappa shape index (κ2) is 6.19. The molecule has 2 saturated heterocycles. The minimum Gasteiger partial charge on any atom is -0.441 e. The molecule has 1 amide bonds. The molecule has 2 aliphatic rings. The Bertz CT molecular complexity index is 1010. The number of hydrogen-bond acceptors (Lipinski definition) is 6. The zero-order chi connectivity index (χ0) is 18.3. The number of aromatic nitrogens is 3. The molecule has 0 saturated carbocycles. The molecule has 7 heteroatoms. The number of benzene rings is 2. The zero-order valence-corrected chi connectivity index (χ0v) is 14.8. The number of ether oxygens (including phenoxy) is 1. The van der Waals surface area contributed by atoms with Crippen molar-refractivity contribution in [2.75, 3.05) is 24.5 Å². The standard InChI is InChI=1S/C20H19N5O2/c26-19-21-13-20(27-19)7-9-25(10-8-20)18-23-17(12-22-24-18)16-6-5-14-3-1-2-4-15(14)11-16/h1-6,11-12H,7-10,13H2,(H,21,26). The molecule has 1 aromatic heterocycles. The number of nitrogens with zero attached hydrogens (tertiary/aromatic N) is 4. The molecule has 0 aliphatic carbocycles. The third-order valence-electron chi connectivity index (χ3n) is 5.41. The fourth-order valence-corrected chi connectivity index (χ4v) is 3.81. The van der Waals surface area contributed by atoms with Gasteiger partial charge in [0.2, 0.25) is 5.95 Å². The van der Waals surface area contributed by atoms with Gasteiger partial charge in [0.05, 0.1) is 18.4 Å². The quantitative estimate of drug-likeness (QED) is 0.756. The van der Waals surface area contributed by atoms with Crippen LogP contribution in [0.1, 0.15) is 12.8 Å². The summed E-state index contributed by atoms with van der Waals surface area (Å²) >= 11 is 0. The average Bonchev–Trinajstić information content (AvgIpc) is 3.08. The van der Waals surface area contributed by atoms with Crippen molar-refractivity contribution in [2.45, 2.75) is 18.4 Å². The Kier molecular flexibility index (Phi) is 3.67. The molecule has 0 atom stereocenters. The van der Waals surface area contributed by atoms with Crippen LogP contribution in [0.4, 0.5) is 10.7 Å². The molecule has 7 nitrogen and oxygen atoms in total. The Morgan fingerprint density at radius 1 is 1.07 bits per heavy atom. The maximum Gasteiger partial charge on any atom is 0.407 e. The number of nitrogens with one attached hydrogen (secondary N) is 1. The molecule has 0 radical (unpaired) electrons. The van der Waals surface area contributed by atoms with Crippen LogP contribution in [-0.4, -0.2) is 46.5 Å². The van der Waals surface area contributed by atoms with E-state index in [1.54, 1.807) is 6.20 Å². The third kappa shape index (κ3) is 2.95. The normalized spacial score (nSPS) is 18.5. The SMILES string of the molecule is O=C1NCC2(CCN(c3nncc(-c4ccc5ccccc5c4)n3)CC2)O1. The van der Waals surface area contributed by atoms with E-state index in [0.717, 1.165) is 37.2 Å². The molecule has 3 heterocycles. The van der Waals surface area contributed by atoms with Crippen molar-refractivity contribution in [1.82, 2.24) is 20.5 Å². The maximum absolute atomic E-state index is 11.4. The molecule has 2 aromatic carbocycles. The van der Waals surface area contributed by atoms with Crippen molar-refractivity contribution in [2.24, 2.45) is 0 Å². The van der Waals surface area contributed by atoms with Crippen molar-refractivity contribution in [3.8, 4) is 11.3 Å². The summed E-state index contributed by atoms with van der Waals surface area (Å²) in [5.74, 6) is 0.618. The lowest BCUT2D eigenvalue weighted by Gasteiger charge is -2.36. The van der Waals surface area contributed by atoms with Gasteiger partial charge in [-0.3, -0.25) is 0 Å². The first-order valence-corrected chi connectivity index (χ1v) is 9.12. The van der Waals surface area contributed by atoms with E-state index in [1.807, 2.05) is 12.1 Å². The van der Waals surface area contributed by atoms with Gasteiger partial charge in [0.25, 0.3) is 0 Å². The molecule has 1 spiro atoms. The van der Waals surface area contributed by atoms with Crippen LogP contribution in [-0.2, 0) is 4.74 Å². The lowest BCUT2D eigenvalue weighted by molar-refractivity contribution is 0.0364. The Balaban J connectivity index is 1.38. The summed E-state index contributed by atoms with van der Waals surface area (Å²) in [4.78, 5) is 18.2. The maximum atomic E-state index is 11.4. The predicted octanol–water partition coefficient (Wildman–Crippen LogP) is 2.77. The van der Waals surface area contributed by atoms with Crippen LogP contribution < -0.4 is 10.2 Å². The Hall–Kier alpha value is -3.22. The molecular formula is C20H19N5O2. The summed E-state index contributed by atoms with van der Waals surface area (Å²) in [7, 11) is 0. The number of alkyl carbamates (subject to hydrolysis) is 1. The number of rotatable bonds is 2.